The number of hydrogen-bond acceptors (Lipinski definition) is 1. The summed E-state index contributed by atoms with van der Waals surface area (Å²) < 4.78 is 13.5. The van der Waals surface area contributed by atoms with Crippen molar-refractivity contribution in [2.24, 2.45) is 0 Å². The van der Waals surface area contributed by atoms with Crippen molar-refractivity contribution in [1.29, 1.82) is 0 Å². The molecule has 0 saturated carbocycles. The van der Waals surface area contributed by atoms with Crippen LogP contribution in [-0.2, 0) is 0 Å². The minimum atomic E-state index is -0.234. The van der Waals surface area contributed by atoms with Gasteiger partial charge in [0.05, 0.1) is 0 Å². The summed E-state index contributed by atoms with van der Waals surface area (Å²) in [7, 11) is 1.90. The van der Waals surface area contributed by atoms with Gasteiger partial charge < -0.3 is 4.90 Å². The molecule has 0 radical (unpaired) electrons. The van der Waals surface area contributed by atoms with Crippen LogP contribution in [0, 0.1) is 24.6 Å². The molecule has 2 aromatic rings. The molecule has 0 amide bonds. The number of nitrogens with zero attached hydrogens (tertiary/aromatic N) is 1. The smallest absolute Gasteiger partial charge is 0.125 e. The van der Waals surface area contributed by atoms with Gasteiger partial charge in [-0.3, -0.25) is 0 Å². The van der Waals surface area contributed by atoms with Crippen LogP contribution in [0.1, 0.15) is 18.1 Å². The molecule has 116 valence electrons. The zero-order valence-corrected chi connectivity index (χ0v) is 13.7. The van der Waals surface area contributed by atoms with Crippen LogP contribution >= 0.6 is 0 Å². The second-order valence-electron chi connectivity index (χ2n) is 5.47. The first-order chi connectivity index (χ1) is 11.0. The molecule has 0 saturated heterocycles. The highest BCUT2D eigenvalue weighted by molar-refractivity contribution is 5.55. The molecule has 2 rings (SSSR count). The summed E-state index contributed by atoms with van der Waals surface area (Å²) in [5.74, 6) is 5.88. The quantitative estimate of drug-likeness (QED) is 0.564. The van der Waals surface area contributed by atoms with E-state index in [4.69, 9.17) is 0 Å². The van der Waals surface area contributed by atoms with E-state index in [0.29, 0.717) is 5.57 Å². The Hall–Kier alpha value is -2.79. The molecule has 0 aliphatic heterocycles. The second-order valence-corrected chi connectivity index (χ2v) is 5.47. The largest absolute Gasteiger partial charge is 0.348 e. The molecule has 1 nitrogen and oxygen atoms in total. The maximum atomic E-state index is 13.5. The molecular weight excluding hydrogens is 285 g/mol. The lowest BCUT2D eigenvalue weighted by Crippen LogP contribution is -2.14. The molecule has 0 aromatic heterocycles. The minimum Gasteiger partial charge on any atom is -0.348 e. The molecule has 0 heterocycles. The van der Waals surface area contributed by atoms with E-state index in [1.54, 1.807) is 0 Å². The Kier molecular flexibility index (Phi) is 5.38. The van der Waals surface area contributed by atoms with Gasteiger partial charge >= 0.3 is 0 Å². The molecule has 0 aliphatic carbocycles. The Bertz CT molecular complexity index is 771. The Balaban J connectivity index is 2.15. The lowest BCUT2D eigenvalue weighted by molar-refractivity contribution is 0.626. The fourth-order valence-electron chi connectivity index (χ4n) is 2.17. The van der Waals surface area contributed by atoms with Crippen molar-refractivity contribution in [2.45, 2.75) is 13.8 Å². The SMILES string of the molecule is C=C(C#Cc1ccccc1)/C=C(/C)N(C)c1cc(C)cc(F)c1. The van der Waals surface area contributed by atoms with Gasteiger partial charge in [0, 0.05) is 29.6 Å². The molecule has 0 bridgehead atoms. The van der Waals surface area contributed by atoms with Crippen molar-refractivity contribution in [3.8, 4) is 11.8 Å². The third-order valence-corrected chi connectivity index (χ3v) is 3.47. The first-order valence-electron chi connectivity index (χ1n) is 7.41. The molecule has 0 N–H and O–H groups in total. The van der Waals surface area contributed by atoms with Gasteiger partial charge in [-0.15, -0.1) is 0 Å². The summed E-state index contributed by atoms with van der Waals surface area (Å²) in [6.07, 6.45) is 1.90. The minimum absolute atomic E-state index is 0.234. The van der Waals surface area contributed by atoms with Crippen LogP contribution in [0.2, 0.25) is 0 Å². The molecule has 0 unspecified atom stereocenters. The molecule has 23 heavy (non-hydrogen) atoms. The Morgan fingerprint density at radius 2 is 1.87 bits per heavy atom. The van der Waals surface area contributed by atoms with E-state index in [-0.39, 0.29) is 5.82 Å². The lowest BCUT2D eigenvalue weighted by Gasteiger charge is -2.20. The Morgan fingerprint density at radius 1 is 1.17 bits per heavy atom. The van der Waals surface area contributed by atoms with Crippen molar-refractivity contribution in [2.75, 3.05) is 11.9 Å². The highest BCUT2D eigenvalue weighted by Gasteiger charge is 2.05. The van der Waals surface area contributed by atoms with Crippen molar-refractivity contribution in [3.05, 3.63) is 89.4 Å². The van der Waals surface area contributed by atoms with Gasteiger partial charge in [-0.1, -0.05) is 36.6 Å². The van der Waals surface area contributed by atoms with E-state index in [0.717, 1.165) is 22.5 Å². The molecule has 2 heteroatoms. The molecule has 0 spiro atoms. The van der Waals surface area contributed by atoms with Gasteiger partial charge in [-0.2, -0.15) is 0 Å². The van der Waals surface area contributed by atoms with Gasteiger partial charge in [0.2, 0.25) is 0 Å². The monoisotopic (exact) mass is 305 g/mol. The van der Waals surface area contributed by atoms with Crippen molar-refractivity contribution >= 4 is 5.69 Å². The predicted octanol–water partition coefficient (Wildman–Crippen LogP) is 5.08. The highest BCUT2D eigenvalue weighted by Crippen LogP contribution is 2.21. The van der Waals surface area contributed by atoms with E-state index >= 15 is 0 Å². The van der Waals surface area contributed by atoms with Gasteiger partial charge in [0.15, 0.2) is 0 Å². The average Bonchev–Trinajstić information content (AvgIpc) is 2.52. The summed E-state index contributed by atoms with van der Waals surface area (Å²) in [6, 6.07) is 14.8. The molecule has 0 atom stereocenters. The first-order valence-corrected chi connectivity index (χ1v) is 7.41. The summed E-state index contributed by atoms with van der Waals surface area (Å²) in [6.45, 7) is 7.80. The zero-order chi connectivity index (χ0) is 16.8. The van der Waals surface area contributed by atoms with E-state index in [1.807, 2.05) is 68.3 Å². The molecular formula is C21H20FN. The Morgan fingerprint density at radius 3 is 2.52 bits per heavy atom. The van der Waals surface area contributed by atoms with E-state index < -0.39 is 0 Å². The van der Waals surface area contributed by atoms with E-state index in [2.05, 4.69) is 18.4 Å². The van der Waals surface area contributed by atoms with Crippen molar-refractivity contribution in [1.82, 2.24) is 0 Å². The number of benzene rings is 2. The number of aryl methyl sites for hydroxylation is 1. The Labute approximate surface area is 137 Å². The molecule has 0 fully saturated rings. The van der Waals surface area contributed by atoms with Gasteiger partial charge in [-0.25, -0.2) is 4.39 Å². The van der Waals surface area contributed by atoms with Crippen molar-refractivity contribution in [3.63, 3.8) is 0 Å². The number of rotatable bonds is 3. The fraction of sp³-hybridized carbons (Fsp3) is 0.143. The maximum Gasteiger partial charge on any atom is 0.125 e. The lowest BCUT2D eigenvalue weighted by atomic mass is 10.1. The summed E-state index contributed by atoms with van der Waals surface area (Å²) >= 11 is 0. The molecule has 0 aliphatic rings. The summed E-state index contributed by atoms with van der Waals surface area (Å²) in [5.41, 5.74) is 4.31. The van der Waals surface area contributed by atoms with Crippen LogP contribution in [0.3, 0.4) is 0 Å². The van der Waals surface area contributed by atoms with Crippen LogP contribution in [-0.4, -0.2) is 7.05 Å². The van der Waals surface area contributed by atoms with Gasteiger partial charge in [0.1, 0.15) is 5.82 Å². The van der Waals surface area contributed by atoms with E-state index in [9.17, 15) is 4.39 Å². The predicted molar refractivity (Wildman–Crippen MR) is 95.8 cm³/mol. The van der Waals surface area contributed by atoms with Gasteiger partial charge in [0.25, 0.3) is 0 Å². The van der Waals surface area contributed by atoms with Gasteiger partial charge in [-0.05, 0) is 55.8 Å². The third-order valence-electron chi connectivity index (χ3n) is 3.47. The van der Waals surface area contributed by atoms with Crippen LogP contribution < -0.4 is 4.90 Å². The van der Waals surface area contributed by atoms with Crippen LogP contribution in [0.15, 0.2) is 72.5 Å². The average molecular weight is 305 g/mol. The number of anilines is 1. The third kappa shape index (κ3) is 4.86. The van der Waals surface area contributed by atoms with Crippen LogP contribution in [0.5, 0.6) is 0 Å². The highest BCUT2D eigenvalue weighted by atomic mass is 19.1. The van der Waals surface area contributed by atoms with Crippen molar-refractivity contribution < 1.29 is 4.39 Å². The van der Waals surface area contributed by atoms with E-state index in [1.165, 1.54) is 12.1 Å². The number of allylic oxidation sites excluding steroid dienone is 3. The zero-order valence-electron chi connectivity index (χ0n) is 13.7. The summed E-state index contributed by atoms with van der Waals surface area (Å²) in [5, 5.41) is 0. The topological polar surface area (TPSA) is 3.24 Å². The van der Waals surface area contributed by atoms with Crippen LogP contribution in [0.25, 0.3) is 0 Å². The van der Waals surface area contributed by atoms with Crippen LogP contribution in [0.4, 0.5) is 10.1 Å². The fourth-order valence-corrected chi connectivity index (χ4v) is 2.17. The first kappa shape index (κ1) is 16.6. The summed E-state index contributed by atoms with van der Waals surface area (Å²) in [4.78, 5) is 1.92. The second kappa shape index (κ2) is 7.47. The molecule has 2 aromatic carbocycles. The number of halogens is 1. The maximum absolute atomic E-state index is 13.5. The normalized spacial score (nSPS) is 10.7. The standard InChI is InChI=1S/C21H20FN/c1-16(10-11-19-8-6-5-7-9-19)12-18(3)23(4)21-14-17(2)13-20(22)15-21/h5-9,12-15H,1H2,2-4H3/b18-12-. The number of hydrogen-bond donors (Lipinski definition) is 0.